The fourth-order valence-corrected chi connectivity index (χ4v) is 4.39. The average molecular weight is 592 g/mol. The molecular formula is C28H21Cl3N8O. The van der Waals surface area contributed by atoms with Crippen molar-refractivity contribution < 1.29 is 0 Å². The number of hydrogen-bond acceptors (Lipinski definition) is 8. The summed E-state index contributed by atoms with van der Waals surface area (Å²) in [6.45, 7) is 0. The van der Waals surface area contributed by atoms with Crippen LogP contribution in [0.5, 0.6) is 0 Å². The smallest absolute Gasteiger partial charge is 0.271 e. The molecule has 2 aliphatic carbocycles. The largest absolute Gasteiger partial charge is 0.326 e. The van der Waals surface area contributed by atoms with Crippen LogP contribution in [-0.2, 0) is 0 Å². The predicted molar refractivity (Wildman–Crippen MR) is 155 cm³/mol. The van der Waals surface area contributed by atoms with Crippen molar-refractivity contribution in [2.75, 3.05) is 10.6 Å². The molecule has 0 radical (unpaired) electrons. The van der Waals surface area contributed by atoms with Crippen LogP contribution in [0.1, 0.15) is 59.8 Å². The molecule has 2 saturated carbocycles. The number of nitrogens with zero attached hydrogens (tertiary/aromatic N) is 5. The Hall–Kier alpha value is -4.15. The molecule has 2 heterocycles. The normalized spacial score (nSPS) is 13.8. The van der Waals surface area contributed by atoms with Crippen LogP contribution in [0.15, 0.2) is 53.6 Å². The molecule has 0 aliphatic heterocycles. The summed E-state index contributed by atoms with van der Waals surface area (Å²) in [5, 5.41) is 24.9. The van der Waals surface area contributed by atoms with Crippen LogP contribution in [0.3, 0.4) is 0 Å². The fraction of sp³-hybridized carbons (Fsp3) is 0.214. The lowest BCUT2D eigenvalue weighted by Crippen LogP contribution is -2.10. The van der Waals surface area contributed by atoms with E-state index in [1.807, 2.05) is 24.3 Å². The van der Waals surface area contributed by atoms with Crippen LogP contribution in [0, 0.1) is 22.7 Å². The van der Waals surface area contributed by atoms with Crippen molar-refractivity contribution in [2.45, 2.75) is 37.5 Å². The molecule has 0 bridgehead atoms. The number of rotatable bonds is 6. The van der Waals surface area contributed by atoms with Crippen LogP contribution in [0.25, 0.3) is 0 Å². The van der Waals surface area contributed by atoms with E-state index in [1.165, 1.54) is 12.4 Å². The maximum Gasteiger partial charge on any atom is 0.271 e. The van der Waals surface area contributed by atoms with Crippen molar-refractivity contribution >= 4 is 58.1 Å². The van der Waals surface area contributed by atoms with Gasteiger partial charge < -0.3 is 10.6 Å². The van der Waals surface area contributed by atoms with Gasteiger partial charge in [-0.2, -0.15) is 15.5 Å². The quantitative estimate of drug-likeness (QED) is 0.200. The van der Waals surface area contributed by atoms with Gasteiger partial charge in [0, 0.05) is 11.4 Å². The molecule has 2 aromatic heterocycles. The van der Waals surface area contributed by atoms with Crippen molar-refractivity contribution in [3.63, 3.8) is 0 Å². The Morgan fingerprint density at radius 2 is 1.35 bits per heavy atom. The molecule has 4 aromatic rings. The van der Waals surface area contributed by atoms with E-state index < -0.39 is 5.56 Å². The molecule has 9 nitrogen and oxygen atoms in total. The summed E-state index contributed by atoms with van der Waals surface area (Å²) in [5.74, 6) is 1.71. The van der Waals surface area contributed by atoms with Gasteiger partial charge in [0.2, 0.25) is 11.9 Å². The highest BCUT2D eigenvalue weighted by Crippen LogP contribution is 2.43. The maximum absolute atomic E-state index is 11.4. The lowest BCUT2D eigenvalue weighted by Gasteiger charge is -2.08. The number of nitrogens with one attached hydrogen (secondary N) is 3. The van der Waals surface area contributed by atoms with Gasteiger partial charge in [-0.3, -0.25) is 9.78 Å². The van der Waals surface area contributed by atoms with E-state index >= 15 is 0 Å². The number of anilines is 4. The minimum Gasteiger partial charge on any atom is -0.326 e. The third-order valence-electron chi connectivity index (χ3n) is 6.36. The minimum atomic E-state index is -0.403. The van der Waals surface area contributed by atoms with Gasteiger partial charge in [0.15, 0.2) is 5.15 Å². The molecule has 40 heavy (non-hydrogen) atoms. The topological polar surface area (TPSA) is 143 Å². The van der Waals surface area contributed by atoms with Crippen LogP contribution >= 0.6 is 34.8 Å². The van der Waals surface area contributed by atoms with Crippen LogP contribution in [-0.4, -0.2) is 19.9 Å². The van der Waals surface area contributed by atoms with Crippen LogP contribution in [0.2, 0.25) is 15.2 Å². The van der Waals surface area contributed by atoms with Gasteiger partial charge >= 0.3 is 0 Å². The van der Waals surface area contributed by atoms with E-state index in [4.69, 9.17) is 34.8 Å². The third-order valence-corrected chi connectivity index (χ3v) is 7.29. The second kappa shape index (κ2) is 11.9. The summed E-state index contributed by atoms with van der Waals surface area (Å²) in [4.78, 5) is 25.9. The van der Waals surface area contributed by atoms with Crippen LogP contribution in [0.4, 0.5) is 23.3 Å². The van der Waals surface area contributed by atoms with Crippen LogP contribution < -0.4 is 16.2 Å². The van der Waals surface area contributed by atoms with Gasteiger partial charge in [-0.25, -0.2) is 9.97 Å². The van der Waals surface area contributed by atoms with Gasteiger partial charge in [0.1, 0.15) is 5.02 Å². The lowest BCUT2D eigenvalue weighted by atomic mass is 10.0. The average Bonchev–Trinajstić information content (AvgIpc) is 3.87. The van der Waals surface area contributed by atoms with E-state index in [0.29, 0.717) is 45.6 Å². The summed E-state index contributed by atoms with van der Waals surface area (Å²) in [6, 6.07) is 15.7. The predicted octanol–water partition coefficient (Wildman–Crippen LogP) is 7.19. The van der Waals surface area contributed by atoms with Crippen molar-refractivity contribution in [1.29, 1.82) is 10.5 Å². The highest BCUT2D eigenvalue weighted by Gasteiger charge is 2.27. The number of halogens is 3. The molecule has 200 valence electrons. The Morgan fingerprint density at radius 1 is 0.800 bits per heavy atom. The van der Waals surface area contributed by atoms with Gasteiger partial charge in [-0.15, -0.1) is 0 Å². The van der Waals surface area contributed by atoms with E-state index in [0.717, 1.165) is 42.5 Å². The second-order valence-corrected chi connectivity index (χ2v) is 10.5. The summed E-state index contributed by atoms with van der Waals surface area (Å²) in [6.07, 6.45) is 7.34. The molecular weight excluding hydrogens is 571 g/mol. The fourth-order valence-electron chi connectivity index (χ4n) is 4.08. The summed E-state index contributed by atoms with van der Waals surface area (Å²) < 4.78 is 0. The van der Waals surface area contributed by atoms with Crippen molar-refractivity contribution in [3.05, 3.63) is 96.6 Å². The number of hydrogen-bond donors (Lipinski definition) is 3. The second-order valence-electron chi connectivity index (χ2n) is 9.37. The zero-order valence-electron chi connectivity index (χ0n) is 20.9. The highest BCUT2D eigenvalue weighted by atomic mass is 35.5. The van der Waals surface area contributed by atoms with Gasteiger partial charge in [0.05, 0.1) is 40.7 Å². The molecule has 12 heteroatoms. The molecule has 0 spiro atoms. The van der Waals surface area contributed by atoms with E-state index in [-0.39, 0.29) is 10.2 Å². The first-order valence-electron chi connectivity index (χ1n) is 12.4. The maximum atomic E-state index is 11.4. The molecule has 2 aliphatic rings. The molecule has 6 rings (SSSR count). The minimum absolute atomic E-state index is 0.0392. The van der Waals surface area contributed by atoms with E-state index in [1.54, 1.807) is 12.1 Å². The SMILES string of the molecule is N#Cc1cc(Nc2ncc(Cl)c(=O)[nH]2)ccc1C1CC1.N#Cc1cc(Nc2ncc(Cl)c(Cl)n2)ccc1C1CC1. The monoisotopic (exact) mass is 590 g/mol. The third kappa shape index (κ3) is 6.70. The number of nitriles is 2. The van der Waals surface area contributed by atoms with Gasteiger partial charge in [-0.05, 0) is 72.9 Å². The molecule has 0 atom stereocenters. The molecule has 2 fully saturated rings. The van der Waals surface area contributed by atoms with Crippen molar-refractivity contribution in [2.24, 2.45) is 0 Å². The molecule has 2 aromatic carbocycles. The Balaban J connectivity index is 0.000000161. The molecule has 3 N–H and O–H groups in total. The number of benzene rings is 2. The lowest BCUT2D eigenvalue weighted by molar-refractivity contribution is 1.11. The number of aromatic nitrogens is 4. The number of aromatic amines is 1. The summed E-state index contributed by atoms with van der Waals surface area (Å²) in [7, 11) is 0. The van der Waals surface area contributed by atoms with Crippen molar-refractivity contribution in [3.8, 4) is 12.1 Å². The molecule has 0 saturated heterocycles. The standard InChI is InChI=1S/C14H10Cl2N4.C14H11ClN4O/c15-12-7-18-14(20-13(12)16)19-10-3-4-11(8-1-2-8)9(5-10)6-17;15-12-7-17-14(19-13(12)20)18-10-3-4-11(8-1-2-8)9(5-10)6-16/h3-5,7-8H,1-2H2,(H,18,19,20);3-5,7-8H,1-2H2,(H2,17,18,19,20). The first kappa shape index (κ1) is 27.4. The Bertz CT molecular complexity index is 1720. The Morgan fingerprint density at radius 3 is 1.85 bits per heavy atom. The first-order chi connectivity index (χ1) is 19.3. The van der Waals surface area contributed by atoms with Gasteiger partial charge in [0.25, 0.3) is 5.56 Å². The highest BCUT2D eigenvalue weighted by molar-refractivity contribution is 6.41. The molecule has 0 unspecified atom stereocenters. The summed E-state index contributed by atoms with van der Waals surface area (Å²) in [5.41, 5.74) is 4.62. The van der Waals surface area contributed by atoms with E-state index in [9.17, 15) is 15.3 Å². The Kier molecular flexibility index (Phi) is 8.18. The number of H-pyrrole nitrogens is 1. The summed E-state index contributed by atoms with van der Waals surface area (Å²) >= 11 is 17.2. The van der Waals surface area contributed by atoms with Gasteiger partial charge in [-0.1, -0.05) is 46.9 Å². The zero-order chi connectivity index (χ0) is 28.2. The first-order valence-corrected chi connectivity index (χ1v) is 13.5. The van der Waals surface area contributed by atoms with E-state index in [2.05, 4.69) is 42.7 Å². The molecule has 0 amide bonds. The zero-order valence-corrected chi connectivity index (χ0v) is 23.1. The Labute approximate surface area is 244 Å². The van der Waals surface area contributed by atoms with Crippen molar-refractivity contribution in [1.82, 2.24) is 19.9 Å².